The second-order valence-corrected chi connectivity index (χ2v) is 6.61. The number of urea groups is 1. The van der Waals surface area contributed by atoms with Crippen LogP contribution in [0.4, 0.5) is 4.79 Å². The van der Waals surface area contributed by atoms with Gasteiger partial charge < -0.3 is 15.7 Å². The van der Waals surface area contributed by atoms with Gasteiger partial charge in [0.25, 0.3) is 0 Å². The van der Waals surface area contributed by atoms with Crippen molar-refractivity contribution in [3.63, 3.8) is 0 Å². The van der Waals surface area contributed by atoms with Crippen molar-refractivity contribution in [3.8, 4) is 0 Å². The van der Waals surface area contributed by atoms with Gasteiger partial charge in [-0.05, 0) is 37.5 Å². The van der Waals surface area contributed by atoms with E-state index >= 15 is 0 Å². The lowest BCUT2D eigenvalue weighted by atomic mass is 9.76. The van der Waals surface area contributed by atoms with Crippen LogP contribution in [0.25, 0.3) is 0 Å². The van der Waals surface area contributed by atoms with Gasteiger partial charge in [0.1, 0.15) is 0 Å². The van der Waals surface area contributed by atoms with Gasteiger partial charge in [-0.3, -0.25) is 4.79 Å². The Hall–Kier alpha value is -1.52. The molecule has 2 atom stereocenters. The van der Waals surface area contributed by atoms with E-state index in [9.17, 15) is 9.59 Å². The maximum Gasteiger partial charge on any atom is 0.315 e. The molecule has 21 heavy (non-hydrogen) atoms. The fourth-order valence-electron chi connectivity index (χ4n) is 2.25. The van der Waals surface area contributed by atoms with E-state index in [1.807, 2.05) is 6.92 Å². The second-order valence-electron chi connectivity index (χ2n) is 6.61. The quantitative estimate of drug-likeness (QED) is 0.572. The third-order valence-corrected chi connectivity index (χ3v) is 3.61. The Morgan fingerprint density at radius 3 is 2.38 bits per heavy atom. The lowest BCUT2D eigenvalue weighted by Crippen LogP contribution is -2.41. The topological polar surface area (TPSA) is 78.4 Å². The van der Waals surface area contributed by atoms with Crippen LogP contribution >= 0.6 is 0 Å². The second kappa shape index (κ2) is 9.42. The standard InChI is InChI=1S/C16H30N2O3/c1-6-7-12(2)18-15(21)17-11-10-13(16(3,4)5)8-9-14(19)20/h6,12-13H,1,7-11H2,2-5H3,(H,19,20)(H2,17,18,21). The number of carbonyl (C=O) groups excluding carboxylic acids is 1. The molecule has 0 aromatic carbocycles. The van der Waals surface area contributed by atoms with Gasteiger partial charge in [-0.1, -0.05) is 26.8 Å². The summed E-state index contributed by atoms with van der Waals surface area (Å²) in [6.45, 7) is 12.4. The average molecular weight is 298 g/mol. The van der Waals surface area contributed by atoms with Crippen LogP contribution < -0.4 is 10.6 Å². The highest BCUT2D eigenvalue weighted by Crippen LogP contribution is 2.32. The van der Waals surface area contributed by atoms with E-state index < -0.39 is 5.97 Å². The van der Waals surface area contributed by atoms with Crippen LogP contribution in [0.3, 0.4) is 0 Å². The molecule has 0 heterocycles. The highest BCUT2D eigenvalue weighted by atomic mass is 16.4. The minimum Gasteiger partial charge on any atom is -0.481 e. The maximum absolute atomic E-state index is 11.7. The summed E-state index contributed by atoms with van der Waals surface area (Å²) in [6.07, 6.45) is 4.09. The molecule has 0 aliphatic heterocycles. The number of hydrogen-bond acceptors (Lipinski definition) is 2. The van der Waals surface area contributed by atoms with Gasteiger partial charge in [-0.2, -0.15) is 0 Å². The smallest absolute Gasteiger partial charge is 0.315 e. The summed E-state index contributed by atoms with van der Waals surface area (Å²) in [4.78, 5) is 22.4. The van der Waals surface area contributed by atoms with Gasteiger partial charge in [-0.25, -0.2) is 4.79 Å². The molecule has 0 fully saturated rings. The summed E-state index contributed by atoms with van der Waals surface area (Å²) in [7, 11) is 0. The molecule has 0 aliphatic carbocycles. The van der Waals surface area contributed by atoms with Crippen LogP contribution in [-0.2, 0) is 4.79 Å². The van der Waals surface area contributed by atoms with Crippen molar-refractivity contribution in [3.05, 3.63) is 12.7 Å². The first-order valence-electron chi connectivity index (χ1n) is 7.53. The van der Waals surface area contributed by atoms with Crippen LogP contribution in [0.2, 0.25) is 0 Å². The summed E-state index contributed by atoms with van der Waals surface area (Å²) >= 11 is 0. The van der Waals surface area contributed by atoms with Crippen molar-refractivity contribution in [2.24, 2.45) is 11.3 Å². The van der Waals surface area contributed by atoms with E-state index in [0.29, 0.717) is 13.0 Å². The number of amides is 2. The molecule has 3 N–H and O–H groups in total. The highest BCUT2D eigenvalue weighted by Gasteiger charge is 2.24. The number of carboxylic acid groups (broad SMARTS) is 1. The van der Waals surface area contributed by atoms with Crippen LogP contribution in [0.1, 0.15) is 53.4 Å². The summed E-state index contributed by atoms with van der Waals surface area (Å²) in [5.74, 6) is -0.507. The monoisotopic (exact) mass is 298 g/mol. The van der Waals surface area contributed by atoms with Gasteiger partial charge in [-0.15, -0.1) is 6.58 Å². The molecule has 2 amide bonds. The van der Waals surface area contributed by atoms with Crippen molar-refractivity contribution in [2.45, 2.75) is 59.4 Å². The molecule has 5 nitrogen and oxygen atoms in total. The molecule has 0 bridgehead atoms. The van der Waals surface area contributed by atoms with E-state index in [1.165, 1.54) is 0 Å². The van der Waals surface area contributed by atoms with Gasteiger partial charge in [0.2, 0.25) is 0 Å². The number of nitrogens with one attached hydrogen (secondary N) is 2. The zero-order valence-electron chi connectivity index (χ0n) is 13.7. The molecule has 0 saturated heterocycles. The average Bonchev–Trinajstić information content (AvgIpc) is 2.31. The zero-order chi connectivity index (χ0) is 16.5. The van der Waals surface area contributed by atoms with Crippen LogP contribution in [0, 0.1) is 11.3 Å². The molecule has 0 aromatic rings. The first kappa shape index (κ1) is 19.5. The Balaban J connectivity index is 4.15. The summed E-state index contributed by atoms with van der Waals surface area (Å²) in [5.41, 5.74) is 0.0315. The van der Waals surface area contributed by atoms with Crippen molar-refractivity contribution in [2.75, 3.05) is 6.54 Å². The fourth-order valence-corrected chi connectivity index (χ4v) is 2.25. The number of carboxylic acids is 1. The molecule has 5 heteroatoms. The molecule has 122 valence electrons. The van der Waals surface area contributed by atoms with Gasteiger partial charge in [0.15, 0.2) is 0 Å². The SMILES string of the molecule is C=CCC(C)NC(=O)NCCC(CCC(=O)O)C(C)(C)C. The number of aliphatic carboxylic acids is 1. The van der Waals surface area contributed by atoms with E-state index in [0.717, 1.165) is 12.8 Å². The highest BCUT2D eigenvalue weighted by molar-refractivity contribution is 5.74. The van der Waals surface area contributed by atoms with Crippen molar-refractivity contribution < 1.29 is 14.7 Å². The molecular formula is C16H30N2O3. The lowest BCUT2D eigenvalue weighted by molar-refractivity contribution is -0.137. The zero-order valence-corrected chi connectivity index (χ0v) is 13.7. The van der Waals surface area contributed by atoms with Crippen molar-refractivity contribution >= 4 is 12.0 Å². The molecule has 0 aliphatic rings. The van der Waals surface area contributed by atoms with Crippen LogP contribution in [0.15, 0.2) is 12.7 Å². The third-order valence-electron chi connectivity index (χ3n) is 3.61. The Bertz CT molecular complexity index is 348. The van der Waals surface area contributed by atoms with Gasteiger partial charge in [0.05, 0.1) is 0 Å². The predicted molar refractivity (Wildman–Crippen MR) is 85.2 cm³/mol. The third kappa shape index (κ3) is 9.93. The van der Waals surface area contributed by atoms with Gasteiger partial charge in [0, 0.05) is 19.0 Å². The first-order chi connectivity index (χ1) is 9.66. The number of hydrogen-bond donors (Lipinski definition) is 3. The van der Waals surface area contributed by atoms with Crippen LogP contribution in [0.5, 0.6) is 0 Å². The summed E-state index contributed by atoms with van der Waals surface area (Å²) < 4.78 is 0. The Kier molecular flexibility index (Phi) is 8.74. The van der Waals surface area contributed by atoms with Crippen molar-refractivity contribution in [1.82, 2.24) is 10.6 Å². The Labute approximate surface area is 128 Å². The summed E-state index contributed by atoms with van der Waals surface area (Å²) in [6, 6.07) is -0.122. The molecule has 0 rings (SSSR count). The van der Waals surface area contributed by atoms with E-state index in [1.54, 1.807) is 6.08 Å². The predicted octanol–water partition coefficient (Wildman–Crippen LogP) is 3.17. The minimum absolute atomic E-state index is 0.0315. The molecule has 0 radical (unpaired) electrons. The van der Waals surface area contributed by atoms with E-state index in [-0.39, 0.29) is 29.8 Å². The minimum atomic E-state index is -0.770. The molecular weight excluding hydrogens is 268 g/mol. The maximum atomic E-state index is 11.7. The first-order valence-corrected chi connectivity index (χ1v) is 7.53. The largest absolute Gasteiger partial charge is 0.481 e. The molecule has 0 aromatic heterocycles. The molecule has 0 saturated carbocycles. The molecule has 0 spiro atoms. The fraction of sp³-hybridized carbons (Fsp3) is 0.750. The Morgan fingerprint density at radius 1 is 1.29 bits per heavy atom. The number of carbonyl (C=O) groups is 2. The van der Waals surface area contributed by atoms with E-state index in [2.05, 4.69) is 38.0 Å². The number of rotatable bonds is 9. The van der Waals surface area contributed by atoms with Crippen LogP contribution in [-0.4, -0.2) is 29.7 Å². The molecule has 2 unspecified atom stereocenters. The van der Waals surface area contributed by atoms with Gasteiger partial charge >= 0.3 is 12.0 Å². The lowest BCUT2D eigenvalue weighted by Gasteiger charge is -2.30. The normalized spacial score (nSPS) is 14.1. The summed E-state index contributed by atoms with van der Waals surface area (Å²) in [5, 5.41) is 14.5. The van der Waals surface area contributed by atoms with E-state index in [4.69, 9.17) is 5.11 Å². The van der Waals surface area contributed by atoms with Crippen molar-refractivity contribution in [1.29, 1.82) is 0 Å². The Morgan fingerprint density at radius 2 is 1.90 bits per heavy atom.